The van der Waals surface area contributed by atoms with E-state index in [-0.39, 0.29) is 47.9 Å². The minimum absolute atomic E-state index is 0. The van der Waals surface area contributed by atoms with E-state index in [1.165, 1.54) is 26.4 Å². The van der Waals surface area contributed by atoms with Gasteiger partial charge >= 0.3 is 6.18 Å². The first-order valence-electron chi connectivity index (χ1n) is 11.7. The average molecular weight is 590 g/mol. The first kappa shape index (κ1) is 32.1. The lowest BCUT2D eigenvalue weighted by Crippen LogP contribution is -2.55. The molecular formula is C27H29Cl2F4N3O3. The number of benzene rings is 2. The van der Waals surface area contributed by atoms with E-state index in [0.29, 0.717) is 32.6 Å². The summed E-state index contributed by atoms with van der Waals surface area (Å²) in [6.45, 7) is 1.91. The molecule has 0 spiro atoms. The zero-order valence-electron chi connectivity index (χ0n) is 21.3. The molecule has 39 heavy (non-hydrogen) atoms. The van der Waals surface area contributed by atoms with Gasteiger partial charge in [0.1, 0.15) is 5.75 Å². The summed E-state index contributed by atoms with van der Waals surface area (Å²) in [5.41, 5.74) is 0.692. The average Bonchev–Trinajstić information content (AvgIpc) is 2.89. The largest absolute Gasteiger partial charge is 0.497 e. The van der Waals surface area contributed by atoms with Crippen LogP contribution in [-0.2, 0) is 19.1 Å². The van der Waals surface area contributed by atoms with E-state index >= 15 is 0 Å². The predicted molar refractivity (Wildman–Crippen MR) is 143 cm³/mol. The molecule has 12 heteroatoms. The molecule has 1 aromatic heterocycles. The number of carbonyl (C=O) groups excluding carboxylic acids is 1. The molecule has 1 aliphatic rings. The fourth-order valence-corrected chi connectivity index (χ4v) is 4.53. The molecule has 0 bridgehead atoms. The first-order valence-corrected chi connectivity index (χ1v) is 11.7. The molecule has 0 saturated carbocycles. The summed E-state index contributed by atoms with van der Waals surface area (Å²) < 4.78 is 64.6. The van der Waals surface area contributed by atoms with E-state index in [4.69, 9.17) is 9.47 Å². The molecule has 1 amide bonds. The van der Waals surface area contributed by atoms with E-state index in [0.717, 1.165) is 23.3 Å². The van der Waals surface area contributed by atoms with Gasteiger partial charge in [-0.25, -0.2) is 4.39 Å². The van der Waals surface area contributed by atoms with Crippen molar-refractivity contribution < 1.29 is 31.8 Å². The molecule has 1 saturated heterocycles. The highest BCUT2D eigenvalue weighted by atomic mass is 35.5. The van der Waals surface area contributed by atoms with Crippen molar-refractivity contribution in [2.24, 2.45) is 0 Å². The molecule has 0 N–H and O–H groups in total. The van der Waals surface area contributed by atoms with E-state index in [2.05, 4.69) is 9.88 Å². The smallest absolute Gasteiger partial charge is 0.416 e. The van der Waals surface area contributed by atoms with Crippen LogP contribution in [0.3, 0.4) is 0 Å². The van der Waals surface area contributed by atoms with E-state index in [1.807, 2.05) is 12.1 Å². The third-order valence-corrected chi connectivity index (χ3v) is 6.36. The van der Waals surface area contributed by atoms with Gasteiger partial charge < -0.3 is 14.4 Å². The number of ether oxygens (including phenoxy) is 2. The van der Waals surface area contributed by atoms with Gasteiger partial charge in [-0.2, -0.15) is 13.2 Å². The van der Waals surface area contributed by atoms with Gasteiger partial charge in [0, 0.05) is 50.2 Å². The number of alkyl halides is 3. The van der Waals surface area contributed by atoms with Crippen molar-refractivity contribution in [1.82, 2.24) is 14.8 Å². The maximum Gasteiger partial charge on any atom is 0.416 e. The highest BCUT2D eigenvalue weighted by Crippen LogP contribution is 2.33. The zero-order valence-corrected chi connectivity index (χ0v) is 22.9. The number of pyridine rings is 1. The van der Waals surface area contributed by atoms with E-state index in [1.54, 1.807) is 29.4 Å². The number of amides is 1. The molecule has 0 aliphatic carbocycles. The lowest BCUT2D eigenvalue weighted by molar-refractivity contribution is -0.137. The summed E-state index contributed by atoms with van der Waals surface area (Å²) in [6, 6.07) is 11.0. The monoisotopic (exact) mass is 589 g/mol. The summed E-state index contributed by atoms with van der Waals surface area (Å²) in [5.74, 6) is -0.990. The Hall–Kier alpha value is -3.08. The molecule has 1 aliphatic heterocycles. The summed E-state index contributed by atoms with van der Waals surface area (Å²) in [4.78, 5) is 21.5. The van der Waals surface area contributed by atoms with Gasteiger partial charge in [0.2, 0.25) is 0 Å². The van der Waals surface area contributed by atoms with Crippen molar-refractivity contribution in [2.75, 3.05) is 33.9 Å². The minimum Gasteiger partial charge on any atom is -0.497 e. The molecule has 3 aromatic rings. The molecule has 212 valence electrons. The van der Waals surface area contributed by atoms with Crippen LogP contribution in [0.25, 0.3) is 0 Å². The molecule has 0 radical (unpaired) electrons. The minimum atomic E-state index is -4.63. The number of piperazine rings is 1. The van der Waals surface area contributed by atoms with Crippen molar-refractivity contribution in [1.29, 1.82) is 0 Å². The number of methoxy groups -OCH3 is 2. The fourth-order valence-electron chi connectivity index (χ4n) is 4.53. The van der Waals surface area contributed by atoms with Crippen LogP contribution < -0.4 is 9.47 Å². The maximum atomic E-state index is 14.0. The summed E-state index contributed by atoms with van der Waals surface area (Å²) >= 11 is 0. The Balaban J connectivity index is 0.00000267. The van der Waals surface area contributed by atoms with Crippen molar-refractivity contribution in [3.05, 3.63) is 89.0 Å². The second-order valence-corrected chi connectivity index (χ2v) is 8.87. The standard InChI is InChI=1S/C27H27F4N3O3.2ClH/c1-36-23-13-20(12-21(14-23)27(29,30)31)26(35)34-9-8-33(16-19-4-3-7-32-15-19)17-22(34)10-18-5-6-24(28)25(11-18)37-2;;/h3-7,11-15,22H,8-10,16-17H2,1-2H3;2*1H/t22-;;/m1../s1. The van der Waals surface area contributed by atoms with Crippen LogP contribution in [0.2, 0.25) is 0 Å². The number of carbonyl (C=O) groups is 1. The van der Waals surface area contributed by atoms with Crippen LogP contribution in [0.15, 0.2) is 60.9 Å². The van der Waals surface area contributed by atoms with Crippen molar-refractivity contribution in [2.45, 2.75) is 25.2 Å². The Kier molecular flexibility index (Phi) is 11.4. The number of hydrogen-bond acceptors (Lipinski definition) is 5. The molecule has 1 atom stereocenters. The maximum absolute atomic E-state index is 14.0. The van der Waals surface area contributed by atoms with Crippen molar-refractivity contribution in [3.8, 4) is 11.5 Å². The second-order valence-electron chi connectivity index (χ2n) is 8.87. The van der Waals surface area contributed by atoms with Crippen LogP contribution in [-0.4, -0.2) is 60.6 Å². The number of hydrogen-bond donors (Lipinski definition) is 0. The van der Waals surface area contributed by atoms with Gasteiger partial charge in [-0.3, -0.25) is 14.7 Å². The van der Waals surface area contributed by atoms with Crippen LogP contribution in [0.1, 0.15) is 27.0 Å². The van der Waals surface area contributed by atoms with Gasteiger partial charge in [0.25, 0.3) is 5.91 Å². The van der Waals surface area contributed by atoms with E-state index < -0.39 is 23.5 Å². The topological polar surface area (TPSA) is 54.9 Å². The molecule has 1 fully saturated rings. The number of rotatable bonds is 7. The normalized spacial score (nSPS) is 15.6. The fraction of sp³-hybridized carbons (Fsp3) is 0.333. The molecular weight excluding hydrogens is 561 g/mol. The second kappa shape index (κ2) is 13.8. The van der Waals surface area contributed by atoms with Crippen LogP contribution in [0.4, 0.5) is 17.6 Å². The molecule has 2 aromatic carbocycles. The number of aromatic nitrogens is 1. The van der Waals surface area contributed by atoms with Crippen molar-refractivity contribution in [3.63, 3.8) is 0 Å². The molecule has 6 nitrogen and oxygen atoms in total. The van der Waals surface area contributed by atoms with E-state index in [9.17, 15) is 22.4 Å². The van der Waals surface area contributed by atoms with Crippen LogP contribution in [0.5, 0.6) is 11.5 Å². The Labute approximate surface area is 236 Å². The third-order valence-electron chi connectivity index (χ3n) is 6.36. The molecule has 4 rings (SSSR count). The zero-order chi connectivity index (χ0) is 26.6. The summed E-state index contributed by atoms with van der Waals surface area (Å²) in [6.07, 6.45) is -0.807. The first-order chi connectivity index (χ1) is 17.7. The molecule has 2 heterocycles. The molecule has 0 unspecified atom stereocenters. The SMILES string of the molecule is COc1cc(C(=O)N2CCN(Cc3cccnc3)C[C@H]2Cc2ccc(F)c(OC)c2)cc(C(F)(F)F)c1.Cl.Cl. The van der Waals surface area contributed by atoms with Gasteiger partial charge in [0.05, 0.1) is 19.8 Å². The highest BCUT2D eigenvalue weighted by Gasteiger charge is 2.35. The van der Waals surface area contributed by atoms with Gasteiger partial charge in [0.15, 0.2) is 11.6 Å². The van der Waals surface area contributed by atoms with Gasteiger partial charge in [-0.15, -0.1) is 24.8 Å². The predicted octanol–water partition coefficient (Wildman–Crippen LogP) is 5.67. The van der Waals surface area contributed by atoms with Crippen LogP contribution in [0, 0.1) is 5.82 Å². The summed E-state index contributed by atoms with van der Waals surface area (Å²) in [5, 5.41) is 0. The quantitative estimate of drug-likeness (QED) is 0.332. The highest BCUT2D eigenvalue weighted by molar-refractivity contribution is 5.95. The Morgan fingerprint density at radius 1 is 1.03 bits per heavy atom. The lowest BCUT2D eigenvalue weighted by Gasteiger charge is -2.42. The third kappa shape index (κ3) is 7.97. The summed E-state index contributed by atoms with van der Waals surface area (Å²) in [7, 11) is 2.63. The number of halogens is 6. The number of nitrogens with zero attached hydrogens (tertiary/aromatic N) is 3. The van der Waals surface area contributed by atoms with Crippen molar-refractivity contribution >= 4 is 30.7 Å². The van der Waals surface area contributed by atoms with Gasteiger partial charge in [-0.05, 0) is 53.9 Å². The lowest BCUT2D eigenvalue weighted by atomic mass is 9.99. The van der Waals surface area contributed by atoms with Gasteiger partial charge in [-0.1, -0.05) is 12.1 Å². The Morgan fingerprint density at radius 3 is 2.44 bits per heavy atom. The van der Waals surface area contributed by atoms with Crippen LogP contribution >= 0.6 is 24.8 Å². The Bertz CT molecular complexity index is 1250. The Morgan fingerprint density at radius 2 is 1.79 bits per heavy atom.